The number of carbonyl (C=O) groups is 1. The van der Waals surface area contributed by atoms with Gasteiger partial charge in [-0.15, -0.1) is 0 Å². The Balaban J connectivity index is 1.71. The molecule has 0 bridgehead atoms. The summed E-state index contributed by atoms with van der Waals surface area (Å²) >= 11 is 1.38. The van der Waals surface area contributed by atoms with Crippen molar-refractivity contribution < 1.29 is 9.18 Å². The normalized spacial score (nSPS) is 20.4. The van der Waals surface area contributed by atoms with Crippen LogP contribution in [0.1, 0.15) is 5.56 Å². The van der Waals surface area contributed by atoms with E-state index in [1.807, 2.05) is 18.2 Å². The Hall–Kier alpha value is -2.01. The van der Waals surface area contributed by atoms with Crippen LogP contribution in [0.25, 0.3) is 0 Å². The van der Waals surface area contributed by atoms with Gasteiger partial charge in [0.05, 0.1) is 5.71 Å². The number of hydrogen-bond acceptors (Lipinski definition) is 3. The zero-order valence-electron chi connectivity index (χ0n) is 10.5. The number of aliphatic imine (C=N–C) groups is 2. The number of amidine groups is 1. The van der Waals surface area contributed by atoms with Gasteiger partial charge >= 0.3 is 0 Å². The lowest BCUT2D eigenvalue weighted by atomic mass is 9.97. The lowest BCUT2D eigenvalue weighted by Gasteiger charge is -2.17. The van der Waals surface area contributed by atoms with Gasteiger partial charge in [0.2, 0.25) is 0 Å². The van der Waals surface area contributed by atoms with Crippen LogP contribution in [0, 0.1) is 11.7 Å². The maximum absolute atomic E-state index is 12.8. The number of rotatable bonds is 2. The number of nitrogens with zero attached hydrogens (tertiary/aromatic N) is 2. The highest BCUT2D eigenvalue weighted by Gasteiger charge is 2.26. The van der Waals surface area contributed by atoms with Gasteiger partial charge in [-0.3, -0.25) is 4.79 Å². The maximum Gasteiger partial charge on any atom is 0.261 e. The fourth-order valence-electron chi connectivity index (χ4n) is 1.94. The first-order valence-electron chi connectivity index (χ1n) is 6.15. The van der Waals surface area contributed by atoms with Crippen molar-refractivity contribution >= 4 is 28.5 Å². The lowest BCUT2D eigenvalue weighted by molar-refractivity contribution is -0.118. The number of allylic oxidation sites excluding steroid dienone is 3. The van der Waals surface area contributed by atoms with E-state index in [4.69, 9.17) is 0 Å². The molecule has 1 heterocycles. The highest BCUT2D eigenvalue weighted by molar-refractivity contribution is 8.13. The van der Waals surface area contributed by atoms with Crippen molar-refractivity contribution in [3.63, 3.8) is 0 Å². The third-order valence-electron chi connectivity index (χ3n) is 2.98. The van der Waals surface area contributed by atoms with Gasteiger partial charge in [-0.25, -0.2) is 9.38 Å². The predicted molar refractivity (Wildman–Crippen MR) is 79.3 cm³/mol. The summed E-state index contributed by atoms with van der Waals surface area (Å²) in [6.45, 7) is 0. The summed E-state index contributed by atoms with van der Waals surface area (Å²) in [7, 11) is 0. The van der Waals surface area contributed by atoms with Crippen LogP contribution in [0.4, 0.5) is 4.39 Å². The molecule has 0 saturated carbocycles. The SMILES string of the molecule is O=C1N=C(SCc2ccc(F)cc2)N=C2C=CC=CC12. The van der Waals surface area contributed by atoms with E-state index >= 15 is 0 Å². The summed E-state index contributed by atoms with van der Waals surface area (Å²) in [6.07, 6.45) is 7.31. The van der Waals surface area contributed by atoms with E-state index in [9.17, 15) is 9.18 Å². The summed E-state index contributed by atoms with van der Waals surface area (Å²) < 4.78 is 12.8. The molecule has 5 heteroatoms. The number of thioether (sulfide) groups is 1. The Morgan fingerprint density at radius 1 is 1.15 bits per heavy atom. The minimum absolute atomic E-state index is 0.183. The molecule has 100 valence electrons. The third-order valence-corrected chi connectivity index (χ3v) is 3.90. The van der Waals surface area contributed by atoms with Crippen molar-refractivity contribution in [2.75, 3.05) is 0 Å². The molecule has 0 fully saturated rings. The van der Waals surface area contributed by atoms with Crippen molar-refractivity contribution in [1.82, 2.24) is 0 Å². The summed E-state index contributed by atoms with van der Waals surface area (Å²) in [5, 5.41) is 0.463. The first-order valence-corrected chi connectivity index (χ1v) is 7.14. The second kappa shape index (κ2) is 5.54. The Morgan fingerprint density at radius 3 is 2.75 bits per heavy atom. The van der Waals surface area contributed by atoms with Crippen LogP contribution in [0.3, 0.4) is 0 Å². The van der Waals surface area contributed by atoms with E-state index in [0.29, 0.717) is 10.9 Å². The van der Waals surface area contributed by atoms with E-state index in [1.54, 1.807) is 18.2 Å². The smallest absolute Gasteiger partial charge is 0.261 e. The van der Waals surface area contributed by atoms with Gasteiger partial charge in [0.15, 0.2) is 5.17 Å². The molecule has 1 aromatic rings. The quantitative estimate of drug-likeness (QED) is 0.838. The fraction of sp³-hybridized carbons (Fsp3) is 0.133. The molecule has 1 aromatic carbocycles. The summed E-state index contributed by atoms with van der Waals surface area (Å²) in [5.74, 6) is -0.175. The van der Waals surface area contributed by atoms with Gasteiger partial charge in [-0.2, -0.15) is 4.99 Å². The molecule has 1 atom stereocenters. The van der Waals surface area contributed by atoms with Crippen LogP contribution in [0.15, 0.2) is 58.6 Å². The van der Waals surface area contributed by atoms with Gasteiger partial charge in [0.25, 0.3) is 5.91 Å². The largest absolute Gasteiger partial charge is 0.271 e. The van der Waals surface area contributed by atoms with Gasteiger partial charge in [-0.05, 0) is 23.8 Å². The average molecular weight is 286 g/mol. The second-order valence-electron chi connectivity index (χ2n) is 4.41. The summed E-state index contributed by atoms with van der Waals surface area (Å²) in [6, 6.07) is 6.26. The van der Waals surface area contributed by atoms with E-state index in [-0.39, 0.29) is 17.6 Å². The molecule has 1 amide bonds. The van der Waals surface area contributed by atoms with E-state index in [1.165, 1.54) is 23.9 Å². The van der Waals surface area contributed by atoms with Crippen molar-refractivity contribution in [3.8, 4) is 0 Å². The van der Waals surface area contributed by atoms with Crippen molar-refractivity contribution in [1.29, 1.82) is 0 Å². The number of hydrogen-bond donors (Lipinski definition) is 0. The Bertz CT molecular complexity index is 659. The zero-order valence-corrected chi connectivity index (χ0v) is 11.3. The molecule has 20 heavy (non-hydrogen) atoms. The van der Waals surface area contributed by atoms with Crippen molar-refractivity contribution in [2.45, 2.75) is 5.75 Å². The molecule has 1 aliphatic carbocycles. The van der Waals surface area contributed by atoms with Crippen LogP contribution in [-0.4, -0.2) is 16.8 Å². The van der Waals surface area contributed by atoms with Crippen LogP contribution >= 0.6 is 11.8 Å². The highest BCUT2D eigenvalue weighted by Crippen LogP contribution is 2.22. The van der Waals surface area contributed by atoms with Gasteiger partial charge < -0.3 is 0 Å². The van der Waals surface area contributed by atoms with Gasteiger partial charge in [-0.1, -0.05) is 42.1 Å². The van der Waals surface area contributed by atoms with E-state index < -0.39 is 0 Å². The summed E-state index contributed by atoms with van der Waals surface area (Å²) in [4.78, 5) is 20.3. The molecular formula is C15H11FN2OS. The predicted octanol–water partition coefficient (Wildman–Crippen LogP) is 3.14. The number of halogens is 1. The zero-order chi connectivity index (χ0) is 13.9. The number of fused-ring (bicyclic) bond motifs is 1. The van der Waals surface area contributed by atoms with Crippen LogP contribution in [0.5, 0.6) is 0 Å². The average Bonchev–Trinajstić information content (AvgIpc) is 2.47. The number of carbonyl (C=O) groups excluding carboxylic acids is 1. The minimum atomic E-state index is -0.338. The van der Waals surface area contributed by atoms with Crippen molar-refractivity contribution in [3.05, 3.63) is 60.0 Å². The standard InChI is InChI=1S/C15H11FN2OS/c16-11-7-5-10(6-8-11)9-20-15-17-13-4-2-1-3-12(13)14(19)18-15/h1-8,12H,9H2. The molecule has 3 rings (SSSR count). The Kier molecular flexibility index (Phi) is 3.60. The number of amides is 1. The Morgan fingerprint density at radius 2 is 1.95 bits per heavy atom. The molecule has 0 radical (unpaired) electrons. The highest BCUT2D eigenvalue weighted by atomic mass is 32.2. The fourth-order valence-corrected chi connectivity index (χ4v) is 2.75. The molecule has 1 aliphatic heterocycles. The topological polar surface area (TPSA) is 41.8 Å². The molecule has 0 N–H and O–H groups in total. The molecule has 0 aromatic heterocycles. The van der Waals surface area contributed by atoms with Gasteiger partial charge in [0, 0.05) is 5.75 Å². The maximum atomic E-state index is 12.8. The third kappa shape index (κ3) is 2.77. The number of benzene rings is 1. The van der Waals surface area contributed by atoms with E-state index in [2.05, 4.69) is 9.98 Å². The van der Waals surface area contributed by atoms with Crippen molar-refractivity contribution in [2.24, 2.45) is 15.9 Å². The minimum Gasteiger partial charge on any atom is -0.271 e. The molecular weight excluding hydrogens is 275 g/mol. The monoisotopic (exact) mass is 286 g/mol. The van der Waals surface area contributed by atoms with E-state index in [0.717, 1.165) is 11.3 Å². The second-order valence-corrected chi connectivity index (χ2v) is 5.35. The first kappa shape index (κ1) is 13.0. The Labute approximate surface area is 120 Å². The molecule has 2 aliphatic rings. The van der Waals surface area contributed by atoms with Crippen LogP contribution < -0.4 is 0 Å². The molecule has 0 saturated heterocycles. The molecule has 3 nitrogen and oxygen atoms in total. The van der Waals surface area contributed by atoms with Gasteiger partial charge in [0.1, 0.15) is 11.7 Å². The summed E-state index contributed by atoms with van der Waals surface area (Å²) in [5.41, 5.74) is 1.70. The first-order chi connectivity index (χ1) is 9.72. The molecule has 1 unspecified atom stereocenters. The van der Waals surface area contributed by atoms with Crippen LogP contribution in [0.2, 0.25) is 0 Å². The molecule has 0 spiro atoms. The van der Waals surface area contributed by atoms with Crippen LogP contribution in [-0.2, 0) is 10.5 Å². The lowest BCUT2D eigenvalue weighted by Crippen LogP contribution is -2.26.